The highest BCUT2D eigenvalue weighted by atomic mass is 16.1. The van der Waals surface area contributed by atoms with E-state index in [9.17, 15) is 4.79 Å². The molecule has 100 valence electrons. The maximum atomic E-state index is 12.3. The van der Waals surface area contributed by atoms with Gasteiger partial charge in [-0.2, -0.15) is 0 Å². The molecular formula is C14H18N4O. The maximum absolute atomic E-state index is 12.3. The van der Waals surface area contributed by atoms with Gasteiger partial charge in [0.05, 0.1) is 11.6 Å². The van der Waals surface area contributed by atoms with Crippen LogP contribution >= 0.6 is 0 Å². The van der Waals surface area contributed by atoms with E-state index in [1.165, 1.54) is 19.3 Å². The van der Waals surface area contributed by atoms with Gasteiger partial charge in [0.25, 0.3) is 5.91 Å². The second kappa shape index (κ2) is 4.91. The van der Waals surface area contributed by atoms with Gasteiger partial charge in [-0.25, -0.2) is 4.98 Å². The average Bonchev–Trinajstić information content (AvgIpc) is 2.97. The van der Waals surface area contributed by atoms with Crippen molar-refractivity contribution < 1.29 is 4.79 Å². The van der Waals surface area contributed by atoms with Crippen molar-refractivity contribution in [2.45, 2.75) is 38.1 Å². The minimum Gasteiger partial charge on any atom is -0.364 e. The van der Waals surface area contributed by atoms with Gasteiger partial charge in [-0.05, 0) is 31.7 Å². The molecule has 5 heteroatoms. The fourth-order valence-corrected chi connectivity index (χ4v) is 2.47. The van der Waals surface area contributed by atoms with Gasteiger partial charge in [0, 0.05) is 24.3 Å². The van der Waals surface area contributed by atoms with Crippen LogP contribution in [0.1, 0.15) is 60.0 Å². The number of carbonyl (C=O) groups excluding carboxylic acids is 1. The number of hydrogen-bond donors (Lipinski definition) is 3. The number of amides is 1. The summed E-state index contributed by atoms with van der Waals surface area (Å²) in [6.45, 7) is 1.92. The van der Waals surface area contributed by atoms with Crippen molar-refractivity contribution in [3.63, 3.8) is 0 Å². The fraction of sp³-hybridized carbons (Fsp3) is 0.429. The van der Waals surface area contributed by atoms with E-state index in [2.05, 4.69) is 20.3 Å². The topological polar surface area (TPSA) is 73.6 Å². The number of rotatable bonds is 4. The van der Waals surface area contributed by atoms with Crippen LogP contribution in [0.4, 0.5) is 0 Å². The molecule has 3 N–H and O–H groups in total. The fourth-order valence-electron chi connectivity index (χ4n) is 2.47. The highest BCUT2D eigenvalue weighted by Gasteiger charge is 2.26. The first-order chi connectivity index (χ1) is 9.25. The molecule has 0 radical (unpaired) electrons. The van der Waals surface area contributed by atoms with E-state index >= 15 is 0 Å². The van der Waals surface area contributed by atoms with Gasteiger partial charge in [0.2, 0.25) is 0 Å². The van der Waals surface area contributed by atoms with Crippen LogP contribution in [0.5, 0.6) is 0 Å². The zero-order chi connectivity index (χ0) is 13.2. The number of carbonyl (C=O) groups is 1. The summed E-state index contributed by atoms with van der Waals surface area (Å²) >= 11 is 0. The van der Waals surface area contributed by atoms with Crippen molar-refractivity contribution in [2.75, 3.05) is 0 Å². The summed E-state index contributed by atoms with van der Waals surface area (Å²) < 4.78 is 0. The van der Waals surface area contributed by atoms with Crippen LogP contribution in [-0.2, 0) is 0 Å². The first-order valence-electron chi connectivity index (χ1n) is 6.73. The van der Waals surface area contributed by atoms with E-state index in [4.69, 9.17) is 0 Å². The molecule has 1 saturated carbocycles. The minimum absolute atomic E-state index is 0.0351. The smallest absolute Gasteiger partial charge is 0.253 e. The van der Waals surface area contributed by atoms with E-state index < -0.39 is 0 Å². The molecule has 19 heavy (non-hydrogen) atoms. The third kappa shape index (κ3) is 2.28. The molecular weight excluding hydrogens is 240 g/mol. The second-order valence-corrected chi connectivity index (χ2v) is 5.10. The third-order valence-electron chi connectivity index (χ3n) is 3.81. The largest absolute Gasteiger partial charge is 0.364 e. The monoisotopic (exact) mass is 258 g/mol. The lowest BCUT2D eigenvalue weighted by Crippen LogP contribution is -2.28. The summed E-state index contributed by atoms with van der Waals surface area (Å²) in [4.78, 5) is 22.7. The number of nitrogens with one attached hydrogen (secondary N) is 3. The Kier molecular flexibility index (Phi) is 3.11. The zero-order valence-electron chi connectivity index (χ0n) is 10.9. The molecule has 1 atom stereocenters. The first kappa shape index (κ1) is 12.0. The van der Waals surface area contributed by atoms with Crippen LogP contribution in [0.3, 0.4) is 0 Å². The molecule has 1 aliphatic carbocycles. The quantitative estimate of drug-likeness (QED) is 0.788. The van der Waals surface area contributed by atoms with Crippen LogP contribution in [-0.4, -0.2) is 20.9 Å². The van der Waals surface area contributed by atoms with Crippen molar-refractivity contribution in [2.24, 2.45) is 0 Å². The van der Waals surface area contributed by atoms with Crippen molar-refractivity contribution in [3.05, 3.63) is 41.7 Å². The summed E-state index contributed by atoms with van der Waals surface area (Å²) in [6.07, 6.45) is 8.90. The highest BCUT2D eigenvalue weighted by molar-refractivity contribution is 5.95. The molecule has 2 aromatic rings. The third-order valence-corrected chi connectivity index (χ3v) is 3.81. The molecule has 2 aromatic heterocycles. The molecule has 0 aromatic carbocycles. The summed E-state index contributed by atoms with van der Waals surface area (Å²) in [7, 11) is 0. The van der Waals surface area contributed by atoms with E-state index in [1.807, 2.05) is 19.2 Å². The van der Waals surface area contributed by atoms with E-state index in [-0.39, 0.29) is 11.9 Å². The van der Waals surface area contributed by atoms with Crippen LogP contribution in [0, 0.1) is 0 Å². The van der Waals surface area contributed by atoms with E-state index in [0.29, 0.717) is 5.92 Å². The van der Waals surface area contributed by atoms with Gasteiger partial charge in [-0.3, -0.25) is 4.79 Å². The predicted octanol–water partition coefficient (Wildman–Crippen LogP) is 2.50. The maximum Gasteiger partial charge on any atom is 0.253 e. The lowest BCUT2D eigenvalue weighted by atomic mass is 9.81. The normalized spacial score (nSPS) is 16.9. The predicted molar refractivity (Wildman–Crippen MR) is 71.9 cm³/mol. The molecule has 1 amide bonds. The average molecular weight is 258 g/mol. The molecule has 2 heterocycles. The molecule has 0 spiro atoms. The molecule has 5 nitrogen and oxygen atoms in total. The molecule has 0 saturated heterocycles. The van der Waals surface area contributed by atoms with Crippen LogP contribution in [0.2, 0.25) is 0 Å². The van der Waals surface area contributed by atoms with E-state index in [0.717, 1.165) is 17.1 Å². The van der Waals surface area contributed by atoms with Crippen molar-refractivity contribution in [3.8, 4) is 0 Å². The van der Waals surface area contributed by atoms with Gasteiger partial charge in [0.15, 0.2) is 0 Å². The van der Waals surface area contributed by atoms with Crippen molar-refractivity contribution >= 4 is 5.91 Å². The van der Waals surface area contributed by atoms with Gasteiger partial charge >= 0.3 is 0 Å². The number of nitrogens with zero attached hydrogens (tertiary/aromatic N) is 1. The second-order valence-electron chi connectivity index (χ2n) is 5.10. The Hall–Kier alpha value is -2.04. The molecule has 0 bridgehead atoms. The molecule has 0 aliphatic heterocycles. The first-order valence-corrected chi connectivity index (χ1v) is 6.73. The van der Waals surface area contributed by atoms with Crippen molar-refractivity contribution in [1.29, 1.82) is 0 Å². The van der Waals surface area contributed by atoms with E-state index in [1.54, 1.807) is 12.4 Å². The minimum atomic E-state index is -0.119. The Balaban J connectivity index is 1.72. The summed E-state index contributed by atoms with van der Waals surface area (Å²) in [5.41, 5.74) is 1.85. The zero-order valence-corrected chi connectivity index (χ0v) is 10.9. The van der Waals surface area contributed by atoms with Gasteiger partial charge in [0.1, 0.15) is 5.82 Å². The van der Waals surface area contributed by atoms with Crippen LogP contribution in [0.15, 0.2) is 24.7 Å². The molecule has 1 fully saturated rings. The standard InChI is InChI=1S/C14H18N4O/c1-9(13-16-7-8-17-13)18-14(19)11-5-6-15-12(11)10-3-2-4-10/h5-10,15H,2-4H2,1H3,(H,16,17)(H,18,19)/t9-/m1/s1. The summed E-state index contributed by atoms with van der Waals surface area (Å²) in [6, 6.07) is 1.74. The number of aromatic nitrogens is 3. The highest BCUT2D eigenvalue weighted by Crippen LogP contribution is 2.37. The Morgan fingerprint density at radius 2 is 2.26 bits per heavy atom. The lowest BCUT2D eigenvalue weighted by molar-refractivity contribution is 0.0936. The van der Waals surface area contributed by atoms with Crippen LogP contribution < -0.4 is 5.32 Å². The summed E-state index contributed by atoms with van der Waals surface area (Å²) in [5.74, 6) is 1.26. The van der Waals surface area contributed by atoms with Gasteiger partial charge in [-0.15, -0.1) is 0 Å². The lowest BCUT2D eigenvalue weighted by Gasteiger charge is -2.25. The Morgan fingerprint density at radius 3 is 2.89 bits per heavy atom. The SMILES string of the molecule is C[C@@H](NC(=O)c1cc[nH]c1C1CCC1)c1ncc[nH]1. The Labute approximate surface area is 111 Å². The Bertz CT molecular complexity index is 554. The van der Waals surface area contributed by atoms with Crippen molar-refractivity contribution in [1.82, 2.24) is 20.3 Å². The molecule has 3 rings (SSSR count). The summed E-state index contributed by atoms with van der Waals surface area (Å²) in [5, 5.41) is 2.98. The van der Waals surface area contributed by atoms with Crippen LogP contribution in [0.25, 0.3) is 0 Å². The number of H-pyrrole nitrogens is 2. The number of hydrogen-bond acceptors (Lipinski definition) is 2. The number of imidazole rings is 1. The van der Waals surface area contributed by atoms with Gasteiger partial charge in [-0.1, -0.05) is 6.42 Å². The van der Waals surface area contributed by atoms with Gasteiger partial charge < -0.3 is 15.3 Å². The molecule has 1 aliphatic rings. The molecule has 0 unspecified atom stereocenters. The number of aromatic amines is 2. The Morgan fingerprint density at radius 1 is 1.42 bits per heavy atom.